The van der Waals surface area contributed by atoms with Crippen LogP contribution in [0.5, 0.6) is 0 Å². The second-order valence-electron chi connectivity index (χ2n) is 5.41. The molecule has 1 saturated carbocycles. The van der Waals surface area contributed by atoms with Crippen molar-refractivity contribution in [1.82, 2.24) is 9.78 Å². The number of carbonyl (C=O) groups excluding carboxylic acids is 2. The van der Waals surface area contributed by atoms with Gasteiger partial charge >= 0.3 is 5.97 Å². The molecule has 0 saturated heterocycles. The Labute approximate surface area is 127 Å². The van der Waals surface area contributed by atoms with Crippen LogP contribution < -0.4 is 11.1 Å². The van der Waals surface area contributed by atoms with Gasteiger partial charge < -0.3 is 16.2 Å². The molecule has 1 aromatic heterocycles. The minimum absolute atomic E-state index is 0.124. The van der Waals surface area contributed by atoms with Gasteiger partial charge in [0.1, 0.15) is 5.69 Å². The molecule has 0 spiro atoms. The maximum atomic E-state index is 12.4. The van der Waals surface area contributed by atoms with Gasteiger partial charge in [0.2, 0.25) is 5.91 Å². The number of carboxylic acids is 1. The number of nitrogens with two attached hydrogens (primary N) is 1. The molecule has 0 unspecified atom stereocenters. The lowest BCUT2D eigenvalue weighted by Gasteiger charge is -2.27. The van der Waals surface area contributed by atoms with E-state index in [-0.39, 0.29) is 11.4 Å². The minimum Gasteiger partial charge on any atom is -0.481 e. The van der Waals surface area contributed by atoms with E-state index in [1.165, 1.54) is 10.9 Å². The fourth-order valence-electron chi connectivity index (χ4n) is 2.94. The number of primary amides is 1. The molecule has 120 valence electrons. The van der Waals surface area contributed by atoms with Gasteiger partial charge in [-0.25, -0.2) is 0 Å². The van der Waals surface area contributed by atoms with Crippen molar-refractivity contribution in [3.63, 3.8) is 0 Å². The Hall–Kier alpha value is -2.38. The lowest BCUT2D eigenvalue weighted by atomic mass is 9.78. The van der Waals surface area contributed by atoms with E-state index in [0.29, 0.717) is 19.4 Å². The molecule has 0 radical (unpaired) electrons. The highest BCUT2D eigenvalue weighted by molar-refractivity contribution is 6.02. The van der Waals surface area contributed by atoms with Gasteiger partial charge in [0.05, 0.1) is 23.7 Å². The van der Waals surface area contributed by atoms with Crippen LogP contribution in [0.1, 0.15) is 43.1 Å². The Balaban J connectivity index is 2.19. The molecule has 4 N–H and O–H groups in total. The third-order valence-corrected chi connectivity index (χ3v) is 4.05. The number of aliphatic carboxylic acids is 1. The lowest BCUT2D eigenvalue weighted by molar-refractivity contribution is -0.147. The quantitative estimate of drug-likeness (QED) is 0.742. The first-order valence-corrected chi connectivity index (χ1v) is 7.35. The molecule has 1 heterocycles. The number of nitrogens with one attached hydrogen (secondary N) is 1. The van der Waals surface area contributed by atoms with Crippen molar-refractivity contribution < 1.29 is 19.5 Å². The molecule has 8 heteroatoms. The van der Waals surface area contributed by atoms with Crippen LogP contribution in [0, 0.1) is 11.8 Å². The predicted octanol–water partition coefficient (Wildman–Crippen LogP) is 0.831. The van der Waals surface area contributed by atoms with E-state index in [1.54, 1.807) is 6.92 Å². The molecule has 0 bridgehead atoms. The Kier molecular flexibility index (Phi) is 4.79. The summed E-state index contributed by atoms with van der Waals surface area (Å²) in [5.74, 6) is -3.33. The summed E-state index contributed by atoms with van der Waals surface area (Å²) in [7, 11) is 0. The smallest absolute Gasteiger partial charge is 0.307 e. The molecular weight excluding hydrogens is 288 g/mol. The molecule has 0 aliphatic heterocycles. The van der Waals surface area contributed by atoms with Gasteiger partial charge in [0.25, 0.3) is 5.91 Å². The number of aromatic nitrogens is 2. The van der Waals surface area contributed by atoms with Crippen LogP contribution in [-0.2, 0) is 16.1 Å². The number of hydrogen-bond donors (Lipinski definition) is 3. The van der Waals surface area contributed by atoms with E-state index in [4.69, 9.17) is 5.73 Å². The summed E-state index contributed by atoms with van der Waals surface area (Å²) in [5.41, 5.74) is 5.67. The normalized spacial score (nSPS) is 21.3. The average molecular weight is 308 g/mol. The first-order valence-electron chi connectivity index (χ1n) is 7.35. The first-order chi connectivity index (χ1) is 10.5. The maximum Gasteiger partial charge on any atom is 0.307 e. The standard InChI is InChI=1S/C14H20N4O4/c1-2-18-11(12(15)19)10(7-16-18)17-13(20)8-5-3-4-6-9(8)14(21)22/h7-9H,2-6H2,1H3,(H2,15,19)(H,17,20)(H,21,22)/t8-,9-/m1/s1. The molecule has 2 rings (SSSR count). The zero-order valence-electron chi connectivity index (χ0n) is 12.4. The van der Waals surface area contributed by atoms with E-state index < -0.39 is 29.6 Å². The Morgan fingerprint density at radius 2 is 2.00 bits per heavy atom. The van der Waals surface area contributed by atoms with E-state index in [1.807, 2.05) is 0 Å². The number of aryl methyl sites for hydroxylation is 1. The number of anilines is 1. The summed E-state index contributed by atoms with van der Waals surface area (Å²) in [6, 6.07) is 0. The number of nitrogens with zero attached hydrogens (tertiary/aromatic N) is 2. The van der Waals surface area contributed by atoms with Crippen LogP contribution in [-0.4, -0.2) is 32.7 Å². The van der Waals surface area contributed by atoms with E-state index in [2.05, 4.69) is 10.4 Å². The average Bonchev–Trinajstić information content (AvgIpc) is 2.90. The number of carbonyl (C=O) groups is 3. The molecular formula is C14H20N4O4. The SMILES string of the molecule is CCn1ncc(NC(=O)[C@@H]2CCCC[C@H]2C(=O)O)c1C(N)=O. The molecule has 1 aliphatic carbocycles. The molecule has 1 fully saturated rings. The van der Waals surface area contributed by atoms with Crippen molar-refractivity contribution in [2.45, 2.75) is 39.2 Å². The molecule has 1 aromatic rings. The van der Waals surface area contributed by atoms with Gasteiger partial charge in [-0.05, 0) is 19.8 Å². The molecule has 1 aliphatic rings. The number of carboxylic acid groups (broad SMARTS) is 1. The highest BCUT2D eigenvalue weighted by atomic mass is 16.4. The molecule has 2 atom stereocenters. The van der Waals surface area contributed by atoms with E-state index in [9.17, 15) is 19.5 Å². The molecule has 0 aromatic carbocycles. The Morgan fingerprint density at radius 3 is 2.55 bits per heavy atom. The van der Waals surface area contributed by atoms with Crippen LogP contribution >= 0.6 is 0 Å². The van der Waals surface area contributed by atoms with Crippen molar-refractivity contribution in [3.05, 3.63) is 11.9 Å². The van der Waals surface area contributed by atoms with Crippen molar-refractivity contribution in [2.75, 3.05) is 5.32 Å². The summed E-state index contributed by atoms with van der Waals surface area (Å²) >= 11 is 0. The second kappa shape index (κ2) is 6.59. The Bertz CT molecular complexity index is 596. The predicted molar refractivity (Wildman–Crippen MR) is 78.1 cm³/mol. The van der Waals surface area contributed by atoms with Gasteiger partial charge in [-0.2, -0.15) is 5.10 Å². The van der Waals surface area contributed by atoms with Crippen molar-refractivity contribution in [2.24, 2.45) is 17.6 Å². The zero-order valence-corrected chi connectivity index (χ0v) is 12.4. The largest absolute Gasteiger partial charge is 0.481 e. The summed E-state index contributed by atoms with van der Waals surface area (Å²) in [4.78, 5) is 35.2. The lowest BCUT2D eigenvalue weighted by Crippen LogP contribution is -2.36. The topological polar surface area (TPSA) is 127 Å². The van der Waals surface area contributed by atoms with E-state index in [0.717, 1.165) is 12.8 Å². The highest BCUT2D eigenvalue weighted by Crippen LogP contribution is 2.31. The minimum atomic E-state index is -0.959. The van der Waals surface area contributed by atoms with Crippen LogP contribution in [0.25, 0.3) is 0 Å². The van der Waals surface area contributed by atoms with Crippen LogP contribution in [0.15, 0.2) is 6.20 Å². The van der Waals surface area contributed by atoms with Crippen LogP contribution in [0.4, 0.5) is 5.69 Å². The summed E-state index contributed by atoms with van der Waals surface area (Å²) in [6.07, 6.45) is 4.00. The maximum absolute atomic E-state index is 12.4. The number of hydrogen-bond acceptors (Lipinski definition) is 4. The van der Waals surface area contributed by atoms with Crippen molar-refractivity contribution in [1.29, 1.82) is 0 Å². The fraction of sp³-hybridized carbons (Fsp3) is 0.571. The molecule has 2 amide bonds. The third kappa shape index (κ3) is 3.10. The van der Waals surface area contributed by atoms with Gasteiger partial charge in [-0.15, -0.1) is 0 Å². The summed E-state index contributed by atoms with van der Waals surface area (Å²) < 4.78 is 1.40. The number of rotatable bonds is 5. The molecule has 22 heavy (non-hydrogen) atoms. The highest BCUT2D eigenvalue weighted by Gasteiger charge is 2.36. The third-order valence-electron chi connectivity index (χ3n) is 4.05. The van der Waals surface area contributed by atoms with Crippen molar-refractivity contribution in [3.8, 4) is 0 Å². The first kappa shape index (κ1) is 16.0. The molecule has 8 nitrogen and oxygen atoms in total. The van der Waals surface area contributed by atoms with E-state index >= 15 is 0 Å². The fourth-order valence-corrected chi connectivity index (χ4v) is 2.94. The van der Waals surface area contributed by atoms with Crippen LogP contribution in [0.3, 0.4) is 0 Å². The monoisotopic (exact) mass is 308 g/mol. The van der Waals surface area contributed by atoms with Crippen molar-refractivity contribution >= 4 is 23.5 Å². The van der Waals surface area contributed by atoms with Crippen LogP contribution in [0.2, 0.25) is 0 Å². The summed E-state index contributed by atoms with van der Waals surface area (Å²) in [5, 5.41) is 15.8. The van der Waals surface area contributed by atoms with Gasteiger partial charge in [0.15, 0.2) is 0 Å². The van der Waals surface area contributed by atoms with Gasteiger partial charge in [-0.1, -0.05) is 12.8 Å². The Morgan fingerprint density at radius 1 is 1.36 bits per heavy atom. The number of amides is 2. The van der Waals surface area contributed by atoms with Gasteiger partial charge in [-0.3, -0.25) is 19.1 Å². The summed E-state index contributed by atoms with van der Waals surface area (Å²) in [6.45, 7) is 2.24. The zero-order chi connectivity index (χ0) is 16.3. The van der Waals surface area contributed by atoms with Gasteiger partial charge in [0, 0.05) is 6.54 Å². The second-order valence-corrected chi connectivity index (χ2v) is 5.41.